The summed E-state index contributed by atoms with van der Waals surface area (Å²) in [6.45, 7) is 6.27. The van der Waals surface area contributed by atoms with Gasteiger partial charge in [-0.1, -0.05) is 62.7 Å². The first-order valence-electron chi connectivity index (χ1n) is 10.00. The molecule has 4 rings (SSSR count). The molecule has 1 N–H and O–H groups in total. The van der Waals surface area contributed by atoms with E-state index < -0.39 is 29.3 Å². The molecule has 0 fully saturated rings. The molecule has 1 unspecified atom stereocenters. The molecule has 1 atom stereocenters. The van der Waals surface area contributed by atoms with Gasteiger partial charge in [-0.05, 0) is 46.2 Å². The van der Waals surface area contributed by atoms with Gasteiger partial charge in [-0.3, -0.25) is 14.5 Å². The number of anilines is 1. The average molecular weight is 470 g/mol. The number of hydrogen-bond donors (Lipinski definition) is 1. The Hall–Kier alpha value is -2.96. The number of hydrogen-bond acceptors (Lipinski definition) is 4. The third-order valence-corrected chi connectivity index (χ3v) is 6.63. The Bertz CT molecular complexity index is 1230. The van der Waals surface area contributed by atoms with Gasteiger partial charge in [0.05, 0.1) is 21.5 Å². The topological polar surface area (TPSA) is 57.6 Å². The first-order chi connectivity index (χ1) is 15.1. The number of Topliss-reactive ketones (excluding diaryl/α,β-unsaturated/α-hetero) is 1. The highest BCUT2D eigenvalue weighted by molar-refractivity contribution is 7.12. The predicted molar refractivity (Wildman–Crippen MR) is 125 cm³/mol. The minimum absolute atomic E-state index is 0.0126. The zero-order chi connectivity index (χ0) is 23.2. The number of amides is 1. The number of halogens is 2. The van der Waals surface area contributed by atoms with E-state index in [4.69, 9.17) is 11.6 Å². The number of benzene rings is 2. The molecule has 1 aliphatic heterocycles. The fourth-order valence-corrected chi connectivity index (χ4v) is 4.61. The van der Waals surface area contributed by atoms with Crippen LogP contribution in [0.5, 0.6) is 0 Å². The number of ketones is 1. The van der Waals surface area contributed by atoms with Crippen LogP contribution in [0.1, 0.15) is 47.6 Å². The van der Waals surface area contributed by atoms with Crippen LogP contribution in [0.2, 0.25) is 5.02 Å². The van der Waals surface area contributed by atoms with Crippen LogP contribution in [0.3, 0.4) is 0 Å². The van der Waals surface area contributed by atoms with Gasteiger partial charge in [0.1, 0.15) is 5.82 Å². The SMILES string of the molecule is CC(C)(C)c1ccc(C2C(C(=O)c3cccs3)=C(O)C(=O)N2c2ccc(F)c(Cl)c2)cc1. The zero-order valence-corrected chi connectivity index (χ0v) is 19.3. The van der Waals surface area contributed by atoms with Gasteiger partial charge in [-0.15, -0.1) is 11.3 Å². The largest absolute Gasteiger partial charge is 0.503 e. The van der Waals surface area contributed by atoms with E-state index in [-0.39, 0.29) is 21.7 Å². The monoisotopic (exact) mass is 469 g/mol. The fourth-order valence-electron chi connectivity index (χ4n) is 3.76. The highest BCUT2D eigenvalue weighted by Gasteiger charge is 2.45. The van der Waals surface area contributed by atoms with E-state index in [0.717, 1.165) is 11.6 Å². The second kappa shape index (κ2) is 8.19. The Morgan fingerprint density at radius 2 is 1.81 bits per heavy atom. The van der Waals surface area contributed by atoms with Crippen LogP contribution in [0.4, 0.5) is 10.1 Å². The molecule has 32 heavy (non-hydrogen) atoms. The number of aliphatic hydroxyl groups excluding tert-OH is 1. The maximum absolute atomic E-state index is 13.8. The van der Waals surface area contributed by atoms with Gasteiger partial charge < -0.3 is 5.11 Å². The van der Waals surface area contributed by atoms with Gasteiger partial charge in [0, 0.05) is 5.69 Å². The van der Waals surface area contributed by atoms with E-state index in [1.54, 1.807) is 17.5 Å². The standard InChI is InChI=1S/C25H21ClFNO3S/c1-25(2,3)15-8-6-14(7-9-15)21-20(22(29)19-5-4-12-32-19)23(30)24(31)28(21)16-10-11-18(27)17(26)13-16/h4-13,21,30H,1-3H3. The number of carbonyl (C=O) groups is 2. The van der Waals surface area contributed by atoms with Crippen LogP contribution in [0, 0.1) is 5.82 Å². The second-order valence-corrected chi connectivity index (χ2v) is 9.97. The summed E-state index contributed by atoms with van der Waals surface area (Å²) in [6, 6.07) is 13.9. The lowest BCUT2D eigenvalue weighted by Gasteiger charge is -2.28. The molecule has 0 aliphatic carbocycles. The molecule has 2 heterocycles. The number of carbonyl (C=O) groups excluding carboxylic acids is 2. The quantitative estimate of drug-likeness (QED) is 0.437. The summed E-state index contributed by atoms with van der Waals surface area (Å²) in [7, 11) is 0. The van der Waals surface area contributed by atoms with Crippen LogP contribution < -0.4 is 4.90 Å². The Morgan fingerprint density at radius 3 is 2.38 bits per heavy atom. The normalized spacial score (nSPS) is 16.7. The van der Waals surface area contributed by atoms with Crippen molar-refractivity contribution in [2.75, 3.05) is 4.90 Å². The lowest BCUT2D eigenvalue weighted by Crippen LogP contribution is -2.31. The van der Waals surface area contributed by atoms with Crippen LogP contribution in [-0.4, -0.2) is 16.8 Å². The van der Waals surface area contributed by atoms with Crippen molar-refractivity contribution in [1.29, 1.82) is 0 Å². The van der Waals surface area contributed by atoms with Gasteiger partial charge in [0.25, 0.3) is 5.91 Å². The Morgan fingerprint density at radius 1 is 1.12 bits per heavy atom. The minimum atomic E-state index is -0.882. The van der Waals surface area contributed by atoms with E-state index in [1.165, 1.54) is 28.4 Å². The molecule has 1 aromatic heterocycles. The molecule has 0 saturated carbocycles. The Labute approximate surface area is 194 Å². The molecule has 1 amide bonds. The maximum Gasteiger partial charge on any atom is 0.294 e. The zero-order valence-electron chi connectivity index (χ0n) is 17.7. The molecule has 164 valence electrons. The first kappa shape index (κ1) is 22.2. The van der Waals surface area contributed by atoms with Crippen LogP contribution in [0.25, 0.3) is 0 Å². The Balaban J connectivity index is 1.87. The van der Waals surface area contributed by atoms with Crippen molar-refractivity contribution in [3.05, 3.63) is 98.2 Å². The fraction of sp³-hybridized carbons (Fsp3) is 0.200. The molecule has 3 aromatic rings. The van der Waals surface area contributed by atoms with Gasteiger partial charge in [-0.2, -0.15) is 0 Å². The molecule has 0 radical (unpaired) electrons. The second-order valence-electron chi connectivity index (χ2n) is 8.62. The van der Waals surface area contributed by atoms with Crippen molar-refractivity contribution in [3.8, 4) is 0 Å². The smallest absolute Gasteiger partial charge is 0.294 e. The van der Waals surface area contributed by atoms with Crippen molar-refractivity contribution in [3.63, 3.8) is 0 Å². The van der Waals surface area contributed by atoms with Gasteiger partial charge in [0.15, 0.2) is 5.76 Å². The number of thiophene rings is 1. The first-order valence-corrected chi connectivity index (χ1v) is 11.3. The minimum Gasteiger partial charge on any atom is -0.503 e. The molecular weight excluding hydrogens is 449 g/mol. The number of aliphatic hydroxyl groups is 1. The summed E-state index contributed by atoms with van der Waals surface area (Å²) in [6.07, 6.45) is 0. The van der Waals surface area contributed by atoms with E-state index >= 15 is 0 Å². The number of rotatable bonds is 4. The molecule has 1 aliphatic rings. The highest BCUT2D eigenvalue weighted by atomic mass is 35.5. The number of nitrogens with zero attached hydrogens (tertiary/aromatic N) is 1. The molecular formula is C25H21ClFNO3S. The lowest BCUT2D eigenvalue weighted by atomic mass is 9.85. The van der Waals surface area contributed by atoms with E-state index in [1.807, 2.05) is 24.3 Å². The van der Waals surface area contributed by atoms with E-state index in [2.05, 4.69) is 20.8 Å². The molecule has 7 heteroatoms. The summed E-state index contributed by atoms with van der Waals surface area (Å²) in [4.78, 5) is 28.1. The van der Waals surface area contributed by atoms with Crippen LogP contribution >= 0.6 is 22.9 Å². The van der Waals surface area contributed by atoms with Crippen molar-refractivity contribution in [2.24, 2.45) is 0 Å². The predicted octanol–water partition coefficient (Wildman–Crippen LogP) is 6.62. The molecule has 0 bridgehead atoms. The maximum atomic E-state index is 13.8. The van der Waals surface area contributed by atoms with Crippen LogP contribution in [-0.2, 0) is 10.2 Å². The lowest BCUT2D eigenvalue weighted by molar-refractivity contribution is -0.117. The molecule has 4 nitrogen and oxygen atoms in total. The molecule has 0 spiro atoms. The third kappa shape index (κ3) is 3.85. The van der Waals surface area contributed by atoms with Crippen molar-refractivity contribution >= 4 is 40.3 Å². The Kier molecular flexibility index (Phi) is 5.69. The van der Waals surface area contributed by atoms with Crippen LogP contribution in [0.15, 0.2) is 71.3 Å². The summed E-state index contributed by atoms with van der Waals surface area (Å²) in [5, 5.41) is 12.4. The van der Waals surface area contributed by atoms with Crippen molar-refractivity contribution < 1.29 is 19.1 Å². The summed E-state index contributed by atoms with van der Waals surface area (Å²) in [5.74, 6) is -2.40. The van der Waals surface area contributed by atoms with Gasteiger partial charge in [-0.25, -0.2) is 4.39 Å². The molecule has 0 saturated heterocycles. The highest BCUT2D eigenvalue weighted by Crippen LogP contribution is 2.43. The molecule has 2 aromatic carbocycles. The van der Waals surface area contributed by atoms with E-state index in [9.17, 15) is 19.1 Å². The summed E-state index contributed by atoms with van der Waals surface area (Å²) in [5.41, 5.74) is 1.92. The van der Waals surface area contributed by atoms with Gasteiger partial charge >= 0.3 is 0 Å². The third-order valence-electron chi connectivity index (χ3n) is 5.47. The average Bonchev–Trinajstić information content (AvgIpc) is 3.37. The van der Waals surface area contributed by atoms with Crippen molar-refractivity contribution in [2.45, 2.75) is 32.2 Å². The van der Waals surface area contributed by atoms with E-state index in [0.29, 0.717) is 10.4 Å². The summed E-state index contributed by atoms with van der Waals surface area (Å²) >= 11 is 7.20. The van der Waals surface area contributed by atoms with Crippen molar-refractivity contribution in [1.82, 2.24) is 0 Å². The van der Waals surface area contributed by atoms with Gasteiger partial charge in [0.2, 0.25) is 5.78 Å². The summed E-state index contributed by atoms with van der Waals surface area (Å²) < 4.78 is 13.8.